The van der Waals surface area contributed by atoms with Crippen molar-refractivity contribution in [3.05, 3.63) is 0 Å². The van der Waals surface area contributed by atoms with Gasteiger partial charge in [0.25, 0.3) is 0 Å². The van der Waals surface area contributed by atoms with Crippen LogP contribution in [-0.2, 0) is 9.59 Å². The number of amides is 2. The molecule has 2 amide bonds. The minimum absolute atomic E-state index is 0.142. The van der Waals surface area contributed by atoms with Crippen molar-refractivity contribution in [2.45, 2.75) is 39.5 Å². The number of nitrogens with zero attached hydrogens (tertiary/aromatic N) is 1. The third-order valence-corrected chi connectivity index (χ3v) is 3.11. The maximum absolute atomic E-state index is 11.8. The number of hydrogen-bond acceptors (Lipinski definition) is 2. The van der Waals surface area contributed by atoms with Crippen LogP contribution in [0.5, 0.6) is 0 Å². The largest absolute Gasteiger partial charge is 0.369 e. The number of nitrogens with two attached hydrogens (primary N) is 1. The minimum atomic E-state index is -0.277. The van der Waals surface area contributed by atoms with Gasteiger partial charge < -0.3 is 10.6 Å². The second-order valence-electron chi connectivity index (χ2n) is 5.01. The zero-order chi connectivity index (χ0) is 12.1. The Kier molecular flexibility index (Phi) is 4.77. The van der Waals surface area contributed by atoms with Crippen LogP contribution in [-0.4, -0.2) is 29.8 Å². The maximum Gasteiger partial charge on any atom is 0.222 e. The van der Waals surface area contributed by atoms with Crippen LogP contribution in [0.4, 0.5) is 0 Å². The summed E-state index contributed by atoms with van der Waals surface area (Å²) in [6.07, 6.45) is 3.21. The van der Waals surface area contributed by atoms with Crippen LogP contribution < -0.4 is 5.73 Å². The molecule has 0 saturated carbocycles. The van der Waals surface area contributed by atoms with Crippen molar-refractivity contribution in [2.24, 2.45) is 17.6 Å². The van der Waals surface area contributed by atoms with E-state index >= 15 is 0 Å². The Morgan fingerprint density at radius 2 is 2.12 bits per heavy atom. The Morgan fingerprint density at radius 1 is 1.44 bits per heavy atom. The van der Waals surface area contributed by atoms with E-state index in [1.165, 1.54) is 0 Å². The molecule has 1 heterocycles. The van der Waals surface area contributed by atoms with E-state index in [2.05, 4.69) is 13.8 Å². The first-order chi connectivity index (χ1) is 7.50. The Balaban J connectivity index is 2.41. The number of carbonyl (C=O) groups excluding carboxylic acids is 2. The normalized spacial score (nSPS) is 21.2. The molecule has 1 atom stereocenters. The maximum atomic E-state index is 11.8. The van der Waals surface area contributed by atoms with Crippen LogP contribution in [0.25, 0.3) is 0 Å². The van der Waals surface area contributed by atoms with E-state index in [0.717, 1.165) is 25.8 Å². The van der Waals surface area contributed by atoms with E-state index in [9.17, 15) is 9.59 Å². The summed E-state index contributed by atoms with van der Waals surface area (Å²) in [6, 6.07) is 0. The van der Waals surface area contributed by atoms with E-state index in [-0.39, 0.29) is 17.7 Å². The topological polar surface area (TPSA) is 63.4 Å². The molecule has 0 aromatic rings. The quantitative estimate of drug-likeness (QED) is 0.781. The molecule has 0 aromatic heterocycles. The first-order valence-corrected chi connectivity index (χ1v) is 6.07. The highest BCUT2D eigenvalue weighted by molar-refractivity contribution is 5.80. The molecule has 0 radical (unpaired) electrons. The minimum Gasteiger partial charge on any atom is -0.369 e. The average Bonchev–Trinajstić information content (AvgIpc) is 2.26. The standard InChI is InChI=1S/C12H22N2O2/c1-9(2)5-6-11(15)14-7-3-4-10(8-14)12(13)16/h9-10H,3-8H2,1-2H3,(H2,13,16)/t10-/m1/s1. The molecule has 4 heteroatoms. The third kappa shape index (κ3) is 3.83. The summed E-state index contributed by atoms with van der Waals surface area (Å²) in [7, 11) is 0. The van der Waals surface area contributed by atoms with Gasteiger partial charge >= 0.3 is 0 Å². The summed E-state index contributed by atoms with van der Waals surface area (Å²) < 4.78 is 0. The highest BCUT2D eigenvalue weighted by atomic mass is 16.2. The molecule has 4 nitrogen and oxygen atoms in total. The van der Waals surface area contributed by atoms with Gasteiger partial charge in [-0.15, -0.1) is 0 Å². The van der Waals surface area contributed by atoms with Crippen LogP contribution in [0.15, 0.2) is 0 Å². The van der Waals surface area contributed by atoms with Gasteiger partial charge in [-0.05, 0) is 25.2 Å². The van der Waals surface area contributed by atoms with Crippen LogP contribution in [0.2, 0.25) is 0 Å². The van der Waals surface area contributed by atoms with Crippen molar-refractivity contribution in [2.75, 3.05) is 13.1 Å². The number of piperidine rings is 1. The third-order valence-electron chi connectivity index (χ3n) is 3.11. The molecule has 1 rings (SSSR count). The SMILES string of the molecule is CC(C)CCC(=O)N1CCC[C@@H](C(N)=O)C1. The summed E-state index contributed by atoms with van der Waals surface area (Å²) in [5, 5.41) is 0. The van der Waals surface area contributed by atoms with Gasteiger partial charge in [-0.25, -0.2) is 0 Å². The molecule has 0 spiro atoms. The molecule has 0 unspecified atom stereocenters. The van der Waals surface area contributed by atoms with Crippen LogP contribution in [0.3, 0.4) is 0 Å². The second kappa shape index (κ2) is 5.87. The van der Waals surface area contributed by atoms with E-state index in [4.69, 9.17) is 5.73 Å². The van der Waals surface area contributed by atoms with E-state index in [1.807, 2.05) is 0 Å². The molecule has 1 aliphatic heterocycles. The Morgan fingerprint density at radius 3 is 2.69 bits per heavy atom. The molecule has 2 N–H and O–H groups in total. The van der Waals surface area contributed by atoms with E-state index < -0.39 is 0 Å². The van der Waals surface area contributed by atoms with Gasteiger partial charge in [0, 0.05) is 19.5 Å². The van der Waals surface area contributed by atoms with Gasteiger partial charge in [-0.1, -0.05) is 13.8 Å². The first kappa shape index (κ1) is 13.0. The molecule has 92 valence electrons. The predicted octanol–water partition coefficient (Wildman–Crippen LogP) is 1.15. The molecule has 0 aromatic carbocycles. The van der Waals surface area contributed by atoms with Gasteiger partial charge in [-0.2, -0.15) is 0 Å². The van der Waals surface area contributed by atoms with Gasteiger partial charge in [0.2, 0.25) is 11.8 Å². The van der Waals surface area contributed by atoms with Crippen molar-refractivity contribution < 1.29 is 9.59 Å². The Hall–Kier alpha value is -1.06. The van der Waals surface area contributed by atoms with Crippen molar-refractivity contribution in [3.63, 3.8) is 0 Å². The van der Waals surface area contributed by atoms with E-state index in [0.29, 0.717) is 18.9 Å². The first-order valence-electron chi connectivity index (χ1n) is 6.07. The lowest BCUT2D eigenvalue weighted by molar-refractivity contribution is -0.135. The number of primary amides is 1. The molecule has 16 heavy (non-hydrogen) atoms. The van der Waals surface area contributed by atoms with Gasteiger partial charge in [0.1, 0.15) is 0 Å². The van der Waals surface area contributed by atoms with Crippen molar-refractivity contribution in [1.82, 2.24) is 4.90 Å². The highest BCUT2D eigenvalue weighted by Gasteiger charge is 2.26. The lowest BCUT2D eigenvalue weighted by Crippen LogP contribution is -2.44. The summed E-state index contributed by atoms with van der Waals surface area (Å²) in [5.74, 6) is 0.290. The zero-order valence-corrected chi connectivity index (χ0v) is 10.2. The van der Waals surface area contributed by atoms with Crippen molar-refractivity contribution in [3.8, 4) is 0 Å². The highest BCUT2D eigenvalue weighted by Crippen LogP contribution is 2.17. The summed E-state index contributed by atoms with van der Waals surface area (Å²) >= 11 is 0. The molecular formula is C12H22N2O2. The van der Waals surface area contributed by atoms with Crippen LogP contribution in [0.1, 0.15) is 39.5 Å². The number of carbonyl (C=O) groups is 2. The van der Waals surface area contributed by atoms with Gasteiger partial charge in [-0.3, -0.25) is 9.59 Å². The monoisotopic (exact) mass is 226 g/mol. The number of rotatable bonds is 4. The molecule has 0 aliphatic carbocycles. The Bertz CT molecular complexity index is 264. The molecule has 1 aliphatic rings. The second-order valence-corrected chi connectivity index (χ2v) is 5.01. The number of likely N-dealkylation sites (tertiary alicyclic amines) is 1. The molecule has 0 bridgehead atoms. The molecular weight excluding hydrogens is 204 g/mol. The fourth-order valence-electron chi connectivity index (χ4n) is 2.01. The smallest absolute Gasteiger partial charge is 0.222 e. The molecule has 1 fully saturated rings. The molecule has 1 saturated heterocycles. The lowest BCUT2D eigenvalue weighted by atomic mass is 9.97. The fourth-order valence-corrected chi connectivity index (χ4v) is 2.01. The van der Waals surface area contributed by atoms with Crippen LogP contribution in [0, 0.1) is 11.8 Å². The van der Waals surface area contributed by atoms with E-state index in [1.54, 1.807) is 4.90 Å². The van der Waals surface area contributed by atoms with Gasteiger partial charge in [0.15, 0.2) is 0 Å². The lowest BCUT2D eigenvalue weighted by Gasteiger charge is -2.31. The Labute approximate surface area is 97.2 Å². The summed E-state index contributed by atoms with van der Waals surface area (Å²) in [4.78, 5) is 24.7. The van der Waals surface area contributed by atoms with Gasteiger partial charge in [0.05, 0.1) is 5.92 Å². The summed E-state index contributed by atoms with van der Waals surface area (Å²) in [5.41, 5.74) is 5.27. The van der Waals surface area contributed by atoms with Crippen LogP contribution >= 0.6 is 0 Å². The fraction of sp³-hybridized carbons (Fsp3) is 0.833. The zero-order valence-electron chi connectivity index (χ0n) is 10.2. The average molecular weight is 226 g/mol. The number of hydrogen-bond donors (Lipinski definition) is 1. The predicted molar refractivity (Wildman–Crippen MR) is 62.6 cm³/mol. The van der Waals surface area contributed by atoms with Crippen molar-refractivity contribution >= 4 is 11.8 Å². The van der Waals surface area contributed by atoms with Crippen molar-refractivity contribution in [1.29, 1.82) is 0 Å². The summed E-state index contributed by atoms with van der Waals surface area (Å²) in [6.45, 7) is 5.51.